The molecule has 0 aromatic rings. The topological polar surface area (TPSA) is 53.6 Å². The third-order valence-electron chi connectivity index (χ3n) is 3.47. The number of nitrogens with two attached hydrogens (primary N) is 1. The first kappa shape index (κ1) is 11.7. The molecule has 2 fully saturated rings. The molecule has 0 spiro atoms. The van der Waals surface area contributed by atoms with Crippen LogP contribution in [0.25, 0.3) is 0 Å². The van der Waals surface area contributed by atoms with Crippen LogP contribution in [0.15, 0.2) is 4.99 Å². The summed E-state index contributed by atoms with van der Waals surface area (Å²) >= 11 is 0. The van der Waals surface area contributed by atoms with Gasteiger partial charge in [-0.1, -0.05) is 6.42 Å². The lowest BCUT2D eigenvalue weighted by molar-refractivity contribution is 0.178. The van der Waals surface area contributed by atoms with Crippen LogP contribution >= 0.6 is 0 Å². The molecule has 3 N–H and O–H groups in total. The second kappa shape index (κ2) is 5.53. The summed E-state index contributed by atoms with van der Waals surface area (Å²) in [5, 5.41) is 3.22. The summed E-state index contributed by atoms with van der Waals surface area (Å²) < 4.78 is 0. The first-order valence-corrected chi connectivity index (χ1v) is 6.56. The SMILES string of the molecule is CC(CN=C(N)NC1CC1)N1CCCCC1. The molecular weight excluding hydrogens is 200 g/mol. The lowest BCUT2D eigenvalue weighted by atomic mass is 10.1. The zero-order valence-corrected chi connectivity index (χ0v) is 10.3. The molecule has 1 aliphatic heterocycles. The molecular formula is C12H24N4. The van der Waals surface area contributed by atoms with E-state index in [2.05, 4.69) is 22.1 Å². The first-order chi connectivity index (χ1) is 7.75. The number of hydrogen-bond acceptors (Lipinski definition) is 2. The van der Waals surface area contributed by atoms with Crippen LogP contribution in [0.3, 0.4) is 0 Å². The quantitative estimate of drug-likeness (QED) is 0.552. The number of nitrogens with one attached hydrogen (secondary N) is 1. The van der Waals surface area contributed by atoms with Crippen molar-refractivity contribution in [2.75, 3.05) is 19.6 Å². The average molecular weight is 224 g/mol. The van der Waals surface area contributed by atoms with E-state index < -0.39 is 0 Å². The second-order valence-corrected chi connectivity index (χ2v) is 5.09. The smallest absolute Gasteiger partial charge is 0.188 e. The molecule has 4 nitrogen and oxygen atoms in total. The number of nitrogens with zero attached hydrogens (tertiary/aromatic N) is 2. The molecule has 1 aliphatic carbocycles. The van der Waals surface area contributed by atoms with Crippen LogP contribution < -0.4 is 11.1 Å². The van der Waals surface area contributed by atoms with Gasteiger partial charge in [-0.15, -0.1) is 0 Å². The maximum Gasteiger partial charge on any atom is 0.188 e. The van der Waals surface area contributed by atoms with Crippen molar-refractivity contribution in [1.82, 2.24) is 10.2 Å². The Labute approximate surface area is 98.3 Å². The zero-order valence-electron chi connectivity index (χ0n) is 10.3. The number of aliphatic imine (C=N–C) groups is 1. The Balaban J connectivity index is 1.70. The van der Waals surface area contributed by atoms with Gasteiger partial charge in [0.2, 0.25) is 0 Å². The molecule has 4 heteroatoms. The van der Waals surface area contributed by atoms with Gasteiger partial charge in [0.25, 0.3) is 0 Å². The Morgan fingerprint density at radius 2 is 2.06 bits per heavy atom. The number of likely N-dealkylation sites (tertiary alicyclic amines) is 1. The van der Waals surface area contributed by atoms with Crippen LogP contribution in [-0.2, 0) is 0 Å². The van der Waals surface area contributed by atoms with E-state index in [1.165, 1.54) is 45.2 Å². The number of piperidine rings is 1. The average Bonchev–Trinajstić information content (AvgIpc) is 3.11. The Hall–Kier alpha value is -0.770. The minimum Gasteiger partial charge on any atom is -0.370 e. The number of guanidine groups is 1. The largest absolute Gasteiger partial charge is 0.370 e. The van der Waals surface area contributed by atoms with Crippen LogP contribution in [0.4, 0.5) is 0 Å². The van der Waals surface area contributed by atoms with Crippen molar-refractivity contribution < 1.29 is 0 Å². The third-order valence-corrected chi connectivity index (χ3v) is 3.47. The summed E-state index contributed by atoms with van der Waals surface area (Å²) in [6.45, 7) is 5.53. The molecule has 1 unspecified atom stereocenters. The molecule has 16 heavy (non-hydrogen) atoms. The van der Waals surface area contributed by atoms with Gasteiger partial charge in [0.05, 0.1) is 6.54 Å². The molecule has 92 valence electrons. The van der Waals surface area contributed by atoms with Crippen molar-refractivity contribution in [2.45, 2.75) is 51.1 Å². The van der Waals surface area contributed by atoms with Gasteiger partial charge in [-0.25, -0.2) is 0 Å². The number of rotatable bonds is 4. The Morgan fingerprint density at radius 1 is 1.38 bits per heavy atom. The minimum absolute atomic E-state index is 0.528. The second-order valence-electron chi connectivity index (χ2n) is 5.09. The molecule has 2 aliphatic rings. The molecule has 0 radical (unpaired) electrons. The van der Waals surface area contributed by atoms with Gasteiger partial charge in [0, 0.05) is 12.1 Å². The standard InChI is InChI=1S/C12H24N4/c1-10(16-7-3-2-4-8-16)9-14-12(13)15-11-5-6-11/h10-11H,2-9H2,1H3,(H3,13,14,15). The molecule has 0 aromatic heterocycles. The third kappa shape index (κ3) is 3.67. The molecule has 1 saturated heterocycles. The molecule has 1 saturated carbocycles. The van der Waals surface area contributed by atoms with Crippen LogP contribution in [0, 0.1) is 0 Å². The Kier molecular flexibility index (Phi) is 4.04. The summed E-state index contributed by atoms with van der Waals surface area (Å²) in [6, 6.07) is 1.13. The van der Waals surface area contributed by atoms with E-state index in [0.717, 1.165) is 6.54 Å². The summed E-state index contributed by atoms with van der Waals surface area (Å²) in [4.78, 5) is 6.95. The van der Waals surface area contributed by atoms with Gasteiger partial charge in [-0.2, -0.15) is 0 Å². The zero-order chi connectivity index (χ0) is 11.4. The van der Waals surface area contributed by atoms with Crippen LogP contribution in [-0.4, -0.2) is 42.6 Å². The van der Waals surface area contributed by atoms with E-state index in [1.807, 2.05) is 0 Å². The van der Waals surface area contributed by atoms with E-state index in [0.29, 0.717) is 18.0 Å². The van der Waals surface area contributed by atoms with Gasteiger partial charge in [0.15, 0.2) is 5.96 Å². The Bertz CT molecular complexity index is 241. The molecule has 0 aromatic carbocycles. The predicted octanol–water partition coefficient (Wildman–Crippen LogP) is 0.928. The predicted molar refractivity (Wildman–Crippen MR) is 67.5 cm³/mol. The highest BCUT2D eigenvalue weighted by Gasteiger charge is 2.21. The van der Waals surface area contributed by atoms with Crippen molar-refractivity contribution in [3.05, 3.63) is 0 Å². The first-order valence-electron chi connectivity index (χ1n) is 6.56. The fraction of sp³-hybridized carbons (Fsp3) is 0.917. The van der Waals surface area contributed by atoms with Gasteiger partial charge in [-0.3, -0.25) is 9.89 Å². The molecule has 0 bridgehead atoms. The van der Waals surface area contributed by atoms with E-state index in [1.54, 1.807) is 0 Å². The highest BCUT2D eigenvalue weighted by molar-refractivity contribution is 5.78. The van der Waals surface area contributed by atoms with Gasteiger partial charge >= 0.3 is 0 Å². The fourth-order valence-corrected chi connectivity index (χ4v) is 2.19. The van der Waals surface area contributed by atoms with Crippen molar-refractivity contribution >= 4 is 5.96 Å². The maximum absolute atomic E-state index is 5.81. The lowest BCUT2D eigenvalue weighted by Crippen LogP contribution is -2.40. The summed E-state index contributed by atoms with van der Waals surface area (Å²) in [5.41, 5.74) is 5.81. The minimum atomic E-state index is 0.528. The molecule has 2 rings (SSSR count). The normalized spacial score (nSPS) is 25.4. The highest BCUT2D eigenvalue weighted by atomic mass is 15.2. The Morgan fingerprint density at radius 3 is 2.69 bits per heavy atom. The van der Waals surface area contributed by atoms with Gasteiger partial charge in [0.1, 0.15) is 0 Å². The molecule has 1 heterocycles. The maximum atomic E-state index is 5.81. The fourth-order valence-electron chi connectivity index (χ4n) is 2.19. The molecule has 0 amide bonds. The van der Waals surface area contributed by atoms with Gasteiger partial charge < -0.3 is 11.1 Å². The van der Waals surface area contributed by atoms with Crippen LogP contribution in [0.5, 0.6) is 0 Å². The van der Waals surface area contributed by atoms with E-state index in [4.69, 9.17) is 5.73 Å². The summed E-state index contributed by atoms with van der Waals surface area (Å²) in [6.07, 6.45) is 6.56. The van der Waals surface area contributed by atoms with E-state index in [9.17, 15) is 0 Å². The van der Waals surface area contributed by atoms with Crippen molar-refractivity contribution in [2.24, 2.45) is 10.7 Å². The molecule has 1 atom stereocenters. The monoisotopic (exact) mass is 224 g/mol. The van der Waals surface area contributed by atoms with Crippen molar-refractivity contribution in [1.29, 1.82) is 0 Å². The highest BCUT2D eigenvalue weighted by Crippen LogP contribution is 2.18. The van der Waals surface area contributed by atoms with Crippen molar-refractivity contribution in [3.8, 4) is 0 Å². The van der Waals surface area contributed by atoms with Crippen molar-refractivity contribution in [3.63, 3.8) is 0 Å². The van der Waals surface area contributed by atoms with Crippen LogP contribution in [0.1, 0.15) is 39.0 Å². The number of hydrogen-bond donors (Lipinski definition) is 2. The summed E-state index contributed by atoms with van der Waals surface area (Å²) in [7, 11) is 0. The van der Waals surface area contributed by atoms with E-state index >= 15 is 0 Å². The van der Waals surface area contributed by atoms with Crippen LogP contribution in [0.2, 0.25) is 0 Å². The van der Waals surface area contributed by atoms with Gasteiger partial charge in [-0.05, 0) is 45.7 Å². The lowest BCUT2D eigenvalue weighted by Gasteiger charge is -2.31. The summed E-state index contributed by atoms with van der Waals surface area (Å²) in [5.74, 6) is 0.631. The van der Waals surface area contributed by atoms with E-state index in [-0.39, 0.29) is 0 Å².